The molecule has 0 heterocycles. The van der Waals surface area contributed by atoms with Crippen molar-refractivity contribution in [3.05, 3.63) is 0 Å². The van der Waals surface area contributed by atoms with Crippen LogP contribution >= 0.6 is 8.25 Å². The van der Waals surface area contributed by atoms with Crippen molar-refractivity contribution < 1.29 is 23.2 Å². The molecule has 0 unspecified atom stereocenters. The smallest absolute Gasteiger partial charge is 0.310 e. The van der Waals surface area contributed by atoms with Crippen LogP contribution in [0.4, 0.5) is 0 Å². The molecule has 0 saturated heterocycles. The zero-order valence-electron chi connectivity index (χ0n) is 8.37. The summed E-state index contributed by atoms with van der Waals surface area (Å²) in [6.45, 7) is 3.06. The van der Waals surface area contributed by atoms with Crippen LogP contribution in [0, 0.1) is 0 Å². The van der Waals surface area contributed by atoms with E-state index in [2.05, 4.69) is 0 Å². The standard InChI is InChI=1S/C8H15O5P/c1-7(9)3-5-12-14(11)13-6-4-8(2)10/h14H,3-6H2,1-2H3. The van der Waals surface area contributed by atoms with Gasteiger partial charge in [0.2, 0.25) is 0 Å². The van der Waals surface area contributed by atoms with Crippen molar-refractivity contribution in [2.24, 2.45) is 0 Å². The molecule has 0 aromatic rings. The van der Waals surface area contributed by atoms with Gasteiger partial charge in [0.1, 0.15) is 11.6 Å². The van der Waals surface area contributed by atoms with Crippen molar-refractivity contribution >= 4 is 19.8 Å². The Bertz CT molecular complexity index is 204. The van der Waals surface area contributed by atoms with Crippen LogP contribution < -0.4 is 0 Å². The zero-order chi connectivity index (χ0) is 11.0. The Labute approximate surface area is 83.7 Å². The Kier molecular flexibility index (Phi) is 7.57. The summed E-state index contributed by atoms with van der Waals surface area (Å²) < 4.78 is 20.4. The van der Waals surface area contributed by atoms with Gasteiger partial charge in [0, 0.05) is 12.8 Å². The minimum absolute atomic E-state index is 0.0245. The van der Waals surface area contributed by atoms with Crippen LogP contribution in [0.3, 0.4) is 0 Å². The highest BCUT2D eigenvalue weighted by atomic mass is 31.1. The molecule has 0 aromatic heterocycles. The Morgan fingerprint density at radius 2 is 1.36 bits per heavy atom. The number of hydrogen-bond acceptors (Lipinski definition) is 5. The number of Topliss-reactive ketones (excluding diaryl/α,β-unsaturated/α-hetero) is 2. The fourth-order valence-corrected chi connectivity index (χ4v) is 1.22. The van der Waals surface area contributed by atoms with Gasteiger partial charge in [0.05, 0.1) is 13.2 Å². The molecule has 0 aromatic carbocycles. The summed E-state index contributed by atoms with van der Waals surface area (Å²) in [6.07, 6.45) is 0.457. The van der Waals surface area contributed by atoms with Crippen molar-refractivity contribution in [1.82, 2.24) is 0 Å². The second-order valence-corrected chi connectivity index (χ2v) is 3.93. The van der Waals surface area contributed by atoms with Crippen molar-refractivity contribution in [1.29, 1.82) is 0 Å². The Balaban J connectivity index is 3.37. The minimum Gasteiger partial charge on any atom is -0.310 e. The largest absolute Gasteiger partial charge is 0.319 e. The Hall–Kier alpha value is -0.510. The summed E-state index contributed by atoms with van der Waals surface area (Å²) in [5.41, 5.74) is 0. The molecule has 0 radical (unpaired) electrons. The highest BCUT2D eigenvalue weighted by molar-refractivity contribution is 7.33. The average molecular weight is 222 g/mol. The normalized spacial score (nSPS) is 10.5. The van der Waals surface area contributed by atoms with E-state index < -0.39 is 8.25 Å². The zero-order valence-corrected chi connectivity index (χ0v) is 9.37. The van der Waals surface area contributed by atoms with Crippen LogP contribution in [-0.4, -0.2) is 24.8 Å². The maximum atomic E-state index is 10.9. The monoisotopic (exact) mass is 222 g/mol. The lowest BCUT2D eigenvalue weighted by atomic mass is 10.3. The molecule has 0 aliphatic rings. The SMILES string of the molecule is CC(=O)CCO[PH](=O)OCCC(C)=O. The first kappa shape index (κ1) is 13.5. The molecule has 0 amide bonds. The molecule has 0 aliphatic carbocycles. The molecule has 5 nitrogen and oxygen atoms in total. The highest BCUT2D eigenvalue weighted by Gasteiger charge is 2.02. The molecule has 82 valence electrons. The molecule has 0 aliphatic heterocycles. The van der Waals surface area contributed by atoms with Gasteiger partial charge in [-0.3, -0.25) is 14.2 Å². The fraction of sp³-hybridized carbons (Fsp3) is 0.750. The number of ketones is 2. The summed E-state index contributed by atoms with van der Waals surface area (Å²) in [7, 11) is -2.54. The molecular formula is C8H15O5P. The summed E-state index contributed by atoms with van der Waals surface area (Å²) in [6, 6.07) is 0. The molecular weight excluding hydrogens is 207 g/mol. The van der Waals surface area contributed by atoms with Crippen molar-refractivity contribution in [3.8, 4) is 0 Å². The van der Waals surface area contributed by atoms with E-state index in [4.69, 9.17) is 9.05 Å². The first-order valence-electron chi connectivity index (χ1n) is 4.31. The first-order valence-corrected chi connectivity index (χ1v) is 5.53. The van der Waals surface area contributed by atoms with Gasteiger partial charge in [-0.2, -0.15) is 0 Å². The molecule has 0 spiro atoms. The first-order chi connectivity index (χ1) is 6.52. The van der Waals surface area contributed by atoms with E-state index in [-0.39, 0.29) is 37.6 Å². The second kappa shape index (κ2) is 7.85. The minimum atomic E-state index is -2.54. The van der Waals surface area contributed by atoms with E-state index in [1.807, 2.05) is 0 Å². The Morgan fingerprint density at radius 1 is 1.00 bits per heavy atom. The lowest BCUT2D eigenvalue weighted by Crippen LogP contribution is -1.99. The van der Waals surface area contributed by atoms with Gasteiger partial charge < -0.3 is 9.05 Å². The molecule has 0 N–H and O–H groups in total. The molecule has 14 heavy (non-hydrogen) atoms. The lowest BCUT2D eigenvalue weighted by molar-refractivity contribution is -0.118. The van der Waals surface area contributed by atoms with Gasteiger partial charge in [-0.05, 0) is 13.8 Å². The lowest BCUT2D eigenvalue weighted by Gasteiger charge is -2.03. The fourth-order valence-electron chi connectivity index (χ4n) is 0.598. The van der Waals surface area contributed by atoms with Crippen LogP contribution in [0.2, 0.25) is 0 Å². The molecule has 0 rings (SSSR count). The van der Waals surface area contributed by atoms with Crippen molar-refractivity contribution in [3.63, 3.8) is 0 Å². The third-order valence-electron chi connectivity index (χ3n) is 1.35. The molecule has 6 heteroatoms. The van der Waals surface area contributed by atoms with E-state index in [0.29, 0.717) is 0 Å². The van der Waals surface area contributed by atoms with Crippen LogP contribution in [0.25, 0.3) is 0 Å². The number of hydrogen-bond donors (Lipinski definition) is 0. The quantitative estimate of drug-likeness (QED) is 0.580. The van der Waals surface area contributed by atoms with E-state index in [9.17, 15) is 14.2 Å². The Morgan fingerprint density at radius 3 is 1.64 bits per heavy atom. The van der Waals surface area contributed by atoms with Gasteiger partial charge in [0.15, 0.2) is 0 Å². The van der Waals surface area contributed by atoms with E-state index in [1.165, 1.54) is 13.8 Å². The summed E-state index contributed by atoms with van der Waals surface area (Å²) >= 11 is 0. The van der Waals surface area contributed by atoms with Crippen LogP contribution in [-0.2, 0) is 23.2 Å². The molecule has 0 bridgehead atoms. The second-order valence-electron chi connectivity index (χ2n) is 2.85. The predicted octanol–water partition coefficient (Wildman–Crippen LogP) is 1.37. The van der Waals surface area contributed by atoms with E-state index in [1.54, 1.807) is 0 Å². The summed E-state index contributed by atoms with van der Waals surface area (Å²) in [4.78, 5) is 20.9. The summed E-state index contributed by atoms with van der Waals surface area (Å²) in [5.74, 6) is -0.0490. The van der Waals surface area contributed by atoms with Crippen LogP contribution in [0.5, 0.6) is 0 Å². The van der Waals surface area contributed by atoms with Crippen molar-refractivity contribution in [2.75, 3.05) is 13.2 Å². The molecule has 0 fully saturated rings. The average Bonchev–Trinajstić information content (AvgIpc) is 2.02. The summed E-state index contributed by atoms with van der Waals surface area (Å²) in [5, 5.41) is 0. The molecule has 0 saturated carbocycles. The third kappa shape index (κ3) is 9.58. The van der Waals surface area contributed by atoms with Crippen LogP contribution in [0.1, 0.15) is 26.7 Å². The van der Waals surface area contributed by atoms with Gasteiger partial charge in [-0.15, -0.1) is 0 Å². The number of carbonyl (C=O) groups is 2. The maximum Gasteiger partial charge on any atom is 0.319 e. The van der Waals surface area contributed by atoms with Gasteiger partial charge in [-0.1, -0.05) is 0 Å². The van der Waals surface area contributed by atoms with Crippen molar-refractivity contribution in [2.45, 2.75) is 26.7 Å². The predicted molar refractivity (Wildman–Crippen MR) is 51.5 cm³/mol. The van der Waals surface area contributed by atoms with E-state index >= 15 is 0 Å². The van der Waals surface area contributed by atoms with Gasteiger partial charge in [0.25, 0.3) is 0 Å². The number of rotatable bonds is 8. The van der Waals surface area contributed by atoms with E-state index in [0.717, 1.165) is 0 Å². The van der Waals surface area contributed by atoms with Gasteiger partial charge >= 0.3 is 8.25 Å². The highest BCUT2D eigenvalue weighted by Crippen LogP contribution is 2.23. The topological polar surface area (TPSA) is 69.7 Å². The molecule has 0 atom stereocenters. The number of carbonyl (C=O) groups excluding carboxylic acids is 2. The third-order valence-corrected chi connectivity index (χ3v) is 2.23. The van der Waals surface area contributed by atoms with Gasteiger partial charge in [-0.25, -0.2) is 0 Å². The van der Waals surface area contributed by atoms with Crippen LogP contribution in [0.15, 0.2) is 0 Å². The maximum absolute atomic E-state index is 10.9.